The summed E-state index contributed by atoms with van der Waals surface area (Å²) >= 11 is 0. The molecule has 2 rings (SSSR count). The predicted octanol–water partition coefficient (Wildman–Crippen LogP) is 1.39. The highest BCUT2D eigenvalue weighted by Gasteiger charge is 2.49. The van der Waals surface area contributed by atoms with E-state index in [1.807, 2.05) is 30.3 Å². The van der Waals surface area contributed by atoms with Crippen molar-refractivity contribution in [1.82, 2.24) is 4.90 Å². The Bertz CT molecular complexity index is 668. The number of piperidine rings is 1. The Morgan fingerprint density at radius 2 is 1.88 bits per heavy atom. The molecule has 1 aliphatic rings. The first-order chi connectivity index (χ1) is 12.1. The van der Waals surface area contributed by atoms with Crippen molar-refractivity contribution < 1.29 is 23.9 Å². The monoisotopic (exact) mass is 362 g/mol. The third-order valence-electron chi connectivity index (χ3n) is 3.99. The number of nitrogens with zero attached hydrogens (tertiary/aromatic N) is 1. The molecule has 0 saturated carbocycles. The fourth-order valence-electron chi connectivity index (χ4n) is 2.69. The van der Waals surface area contributed by atoms with Gasteiger partial charge in [-0.1, -0.05) is 30.3 Å². The molecule has 2 N–H and O–H groups in total. The van der Waals surface area contributed by atoms with Gasteiger partial charge in [-0.05, 0) is 39.2 Å². The first-order valence-corrected chi connectivity index (χ1v) is 8.63. The summed E-state index contributed by atoms with van der Waals surface area (Å²) in [5.74, 6) is -1.91. The van der Waals surface area contributed by atoms with Crippen molar-refractivity contribution in [1.29, 1.82) is 0 Å². The number of rotatable bonds is 5. The van der Waals surface area contributed by atoms with E-state index < -0.39 is 29.0 Å². The van der Waals surface area contributed by atoms with E-state index in [4.69, 9.17) is 15.2 Å². The Kier molecular flexibility index (Phi) is 6.02. The van der Waals surface area contributed by atoms with Crippen LogP contribution in [-0.2, 0) is 30.5 Å². The summed E-state index contributed by atoms with van der Waals surface area (Å²) in [6, 6.07) is 9.25. The van der Waals surface area contributed by atoms with E-state index in [9.17, 15) is 14.4 Å². The van der Waals surface area contributed by atoms with Gasteiger partial charge in [0, 0.05) is 6.54 Å². The highest BCUT2D eigenvalue weighted by atomic mass is 16.6. The number of hydrogen-bond donors (Lipinski definition) is 1. The Morgan fingerprint density at radius 3 is 2.50 bits per heavy atom. The molecule has 1 aromatic carbocycles. The van der Waals surface area contributed by atoms with Gasteiger partial charge in [0.15, 0.2) is 5.54 Å². The molecule has 1 aliphatic heterocycles. The summed E-state index contributed by atoms with van der Waals surface area (Å²) in [5, 5.41) is 0. The maximum atomic E-state index is 12.7. The number of nitrogens with two attached hydrogens (primary N) is 1. The van der Waals surface area contributed by atoms with Crippen LogP contribution in [0.25, 0.3) is 0 Å². The van der Waals surface area contributed by atoms with Gasteiger partial charge in [-0.15, -0.1) is 0 Å². The Hall–Kier alpha value is -2.41. The zero-order valence-electron chi connectivity index (χ0n) is 15.5. The van der Waals surface area contributed by atoms with E-state index in [0.717, 1.165) is 5.56 Å². The van der Waals surface area contributed by atoms with E-state index in [0.29, 0.717) is 13.0 Å². The molecule has 0 radical (unpaired) electrons. The van der Waals surface area contributed by atoms with Crippen molar-refractivity contribution in [2.24, 2.45) is 5.73 Å². The van der Waals surface area contributed by atoms with E-state index in [-0.39, 0.29) is 19.6 Å². The fraction of sp³-hybridized carbons (Fsp3) is 0.526. The highest BCUT2D eigenvalue weighted by molar-refractivity contribution is 6.08. The number of carbonyl (C=O) groups excluding carboxylic acids is 3. The minimum absolute atomic E-state index is 0.127. The minimum Gasteiger partial charge on any atom is -0.459 e. The SMILES string of the molecule is CC(C)(C)OC(=O)C1(N)CCCN(CC(=O)OCc2ccccc2)C1=O. The van der Waals surface area contributed by atoms with Crippen molar-refractivity contribution in [2.45, 2.75) is 51.4 Å². The largest absolute Gasteiger partial charge is 0.459 e. The molecular weight excluding hydrogens is 336 g/mol. The van der Waals surface area contributed by atoms with Crippen molar-refractivity contribution >= 4 is 17.8 Å². The van der Waals surface area contributed by atoms with Crippen LogP contribution in [0.2, 0.25) is 0 Å². The summed E-state index contributed by atoms with van der Waals surface area (Å²) in [5.41, 5.74) is 4.41. The van der Waals surface area contributed by atoms with Gasteiger partial charge in [-0.2, -0.15) is 0 Å². The third kappa shape index (κ3) is 5.05. The highest BCUT2D eigenvalue weighted by Crippen LogP contribution is 2.24. The van der Waals surface area contributed by atoms with Crippen LogP contribution < -0.4 is 5.73 Å². The standard InChI is InChI=1S/C19H26N2O5/c1-18(2,3)26-17(24)19(20)10-7-11-21(16(19)23)12-15(22)25-13-14-8-5-4-6-9-14/h4-6,8-9H,7,10-13,20H2,1-3H3. The van der Waals surface area contributed by atoms with Crippen LogP contribution in [0, 0.1) is 0 Å². The lowest BCUT2D eigenvalue weighted by molar-refractivity contribution is -0.171. The number of hydrogen-bond acceptors (Lipinski definition) is 6. The maximum Gasteiger partial charge on any atom is 0.336 e. The van der Waals surface area contributed by atoms with E-state index in [1.165, 1.54) is 4.90 Å². The van der Waals surface area contributed by atoms with Crippen LogP contribution in [0.3, 0.4) is 0 Å². The number of esters is 2. The molecule has 7 heteroatoms. The quantitative estimate of drug-likeness (QED) is 0.628. The number of likely N-dealkylation sites (tertiary alicyclic amines) is 1. The van der Waals surface area contributed by atoms with Gasteiger partial charge < -0.3 is 20.1 Å². The Labute approximate surface area is 153 Å². The lowest BCUT2D eigenvalue weighted by atomic mass is 9.89. The lowest BCUT2D eigenvalue weighted by Crippen LogP contribution is -2.65. The van der Waals surface area contributed by atoms with Crippen LogP contribution in [0.5, 0.6) is 0 Å². The Morgan fingerprint density at radius 1 is 1.23 bits per heavy atom. The summed E-state index contributed by atoms with van der Waals surface area (Å²) in [7, 11) is 0. The zero-order chi connectivity index (χ0) is 19.4. The van der Waals surface area contributed by atoms with Gasteiger partial charge >= 0.3 is 11.9 Å². The molecule has 0 spiro atoms. The topological polar surface area (TPSA) is 98.9 Å². The van der Waals surface area contributed by atoms with Crippen molar-refractivity contribution in [3.05, 3.63) is 35.9 Å². The second-order valence-corrected chi connectivity index (χ2v) is 7.45. The van der Waals surface area contributed by atoms with Crippen molar-refractivity contribution in [2.75, 3.05) is 13.1 Å². The summed E-state index contributed by atoms with van der Waals surface area (Å²) in [4.78, 5) is 38.4. The number of amides is 1. The normalized spacial score (nSPS) is 20.6. The molecule has 1 heterocycles. The molecule has 7 nitrogen and oxygen atoms in total. The first-order valence-electron chi connectivity index (χ1n) is 8.63. The molecule has 1 fully saturated rings. The molecular formula is C19H26N2O5. The van der Waals surface area contributed by atoms with Crippen LogP contribution in [0.15, 0.2) is 30.3 Å². The lowest BCUT2D eigenvalue weighted by Gasteiger charge is -2.38. The van der Waals surface area contributed by atoms with Crippen LogP contribution in [0.4, 0.5) is 0 Å². The molecule has 1 atom stereocenters. The molecule has 0 bridgehead atoms. The van der Waals surface area contributed by atoms with Gasteiger partial charge in [0.25, 0.3) is 5.91 Å². The first kappa shape index (κ1) is 19.9. The van der Waals surface area contributed by atoms with E-state index >= 15 is 0 Å². The van der Waals surface area contributed by atoms with Crippen LogP contribution in [0.1, 0.15) is 39.2 Å². The number of benzene rings is 1. The molecule has 1 unspecified atom stereocenters. The molecule has 26 heavy (non-hydrogen) atoms. The molecule has 0 aromatic heterocycles. The molecule has 1 amide bonds. The Balaban J connectivity index is 1.96. The summed E-state index contributed by atoms with van der Waals surface area (Å²) < 4.78 is 10.5. The zero-order valence-corrected chi connectivity index (χ0v) is 15.5. The van der Waals surface area contributed by atoms with Gasteiger partial charge in [-0.3, -0.25) is 9.59 Å². The van der Waals surface area contributed by atoms with Crippen LogP contribution >= 0.6 is 0 Å². The molecule has 142 valence electrons. The average Bonchev–Trinajstić information content (AvgIpc) is 2.56. The van der Waals surface area contributed by atoms with Crippen molar-refractivity contribution in [3.8, 4) is 0 Å². The fourth-order valence-corrected chi connectivity index (χ4v) is 2.69. The second kappa shape index (κ2) is 7.86. The predicted molar refractivity (Wildman–Crippen MR) is 94.8 cm³/mol. The summed E-state index contributed by atoms with van der Waals surface area (Å²) in [6.07, 6.45) is 0.698. The second-order valence-electron chi connectivity index (χ2n) is 7.45. The van der Waals surface area contributed by atoms with Crippen molar-refractivity contribution in [3.63, 3.8) is 0 Å². The smallest absolute Gasteiger partial charge is 0.336 e. The summed E-state index contributed by atoms with van der Waals surface area (Å²) in [6.45, 7) is 5.36. The molecule has 1 aromatic rings. The number of ether oxygens (including phenoxy) is 2. The maximum absolute atomic E-state index is 12.7. The van der Waals surface area contributed by atoms with Gasteiger partial charge in [0.1, 0.15) is 18.8 Å². The van der Waals surface area contributed by atoms with Gasteiger partial charge in [0.2, 0.25) is 0 Å². The van der Waals surface area contributed by atoms with E-state index in [2.05, 4.69) is 0 Å². The third-order valence-corrected chi connectivity index (χ3v) is 3.99. The molecule has 1 saturated heterocycles. The minimum atomic E-state index is -1.76. The van der Waals surface area contributed by atoms with E-state index in [1.54, 1.807) is 20.8 Å². The molecule has 0 aliphatic carbocycles. The average molecular weight is 362 g/mol. The van der Waals surface area contributed by atoms with Gasteiger partial charge in [-0.25, -0.2) is 4.79 Å². The van der Waals surface area contributed by atoms with Gasteiger partial charge in [0.05, 0.1) is 0 Å². The number of carbonyl (C=O) groups is 3. The van der Waals surface area contributed by atoms with Crippen LogP contribution in [-0.4, -0.2) is 47.0 Å².